The van der Waals surface area contributed by atoms with Crippen molar-refractivity contribution in [3.05, 3.63) is 48.0 Å². The van der Waals surface area contributed by atoms with E-state index in [4.69, 9.17) is 0 Å². The molecule has 1 aromatic carbocycles. The van der Waals surface area contributed by atoms with Gasteiger partial charge in [-0.05, 0) is 38.0 Å². The van der Waals surface area contributed by atoms with Crippen LogP contribution in [0.25, 0.3) is 5.57 Å². The summed E-state index contributed by atoms with van der Waals surface area (Å²) in [4.78, 5) is 24.5. The van der Waals surface area contributed by atoms with Gasteiger partial charge in [0, 0.05) is 38.8 Å². The fourth-order valence-electron chi connectivity index (χ4n) is 3.88. The number of hydrogen-bond donors (Lipinski definition) is 2. The van der Waals surface area contributed by atoms with E-state index in [1.165, 1.54) is 0 Å². The number of nitriles is 1. The van der Waals surface area contributed by atoms with Crippen LogP contribution in [0, 0.1) is 11.3 Å². The number of carbonyl (C=O) groups excluding carboxylic acids is 1. The average Bonchev–Trinajstić information content (AvgIpc) is 3.35. The van der Waals surface area contributed by atoms with Crippen molar-refractivity contribution in [3.8, 4) is 6.07 Å². The second-order valence-electron chi connectivity index (χ2n) is 7.25. The first-order valence-electron chi connectivity index (χ1n) is 10.3. The van der Waals surface area contributed by atoms with Crippen molar-refractivity contribution >= 4 is 28.8 Å². The third kappa shape index (κ3) is 3.92. The van der Waals surface area contributed by atoms with Gasteiger partial charge < -0.3 is 20.4 Å². The van der Waals surface area contributed by atoms with E-state index in [0.717, 1.165) is 49.7 Å². The van der Waals surface area contributed by atoms with Gasteiger partial charge >= 0.3 is 0 Å². The van der Waals surface area contributed by atoms with Crippen LogP contribution in [0.4, 0.5) is 17.3 Å². The number of rotatable bonds is 7. The summed E-state index contributed by atoms with van der Waals surface area (Å²) >= 11 is 0. The number of aromatic nitrogens is 2. The van der Waals surface area contributed by atoms with Crippen LogP contribution in [-0.2, 0) is 4.79 Å². The van der Waals surface area contributed by atoms with Crippen LogP contribution in [0.5, 0.6) is 0 Å². The van der Waals surface area contributed by atoms with Gasteiger partial charge in [0.2, 0.25) is 11.9 Å². The Labute approximate surface area is 176 Å². The fourth-order valence-corrected chi connectivity index (χ4v) is 3.88. The summed E-state index contributed by atoms with van der Waals surface area (Å²) in [6, 6.07) is 12.0. The van der Waals surface area contributed by atoms with Crippen molar-refractivity contribution < 1.29 is 4.79 Å². The lowest BCUT2D eigenvalue weighted by atomic mass is 10.2. The minimum absolute atomic E-state index is 0.240. The van der Waals surface area contributed by atoms with Crippen LogP contribution in [0.2, 0.25) is 0 Å². The number of benzene rings is 1. The Morgan fingerprint density at radius 2 is 2.20 bits per heavy atom. The lowest BCUT2D eigenvalue weighted by Crippen LogP contribution is -2.27. The molecule has 0 atom stereocenters. The summed E-state index contributed by atoms with van der Waals surface area (Å²) < 4.78 is 0. The molecule has 3 heterocycles. The minimum atomic E-state index is 0.240. The van der Waals surface area contributed by atoms with Gasteiger partial charge in [-0.3, -0.25) is 4.79 Å². The number of anilines is 3. The molecule has 0 bridgehead atoms. The number of hydrogen-bond acceptors (Lipinski definition) is 7. The lowest BCUT2D eigenvalue weighted by Gasteiger charge is -2.19. The third-order valence-corrected chi connectivity index (χ3v) is 5.35. The number of fused-ring (bicyclic) bond motifs is 1. The predicted octanol–water partition coefficient (Wildman–Crippen LogP) is 3.05. The number of carbonyl (C=O) groups is 1. The van der Waals surface area contributed by atoms with Gasteiger partial charge in [0.05, 0.1) is 17.1 Å². The normalized spacial score (nSPS) is 16.9. The van der Waals surface area contributed by atoms with Gasteiger partial charge in [-0.25, -0.2) is 9.97 Å². The van der Waals surface area contributed by atoms with Crippen molar-refractivity contribution in [3.63, 3.8) is 0 Å². The van der Waals surface area contributed by atoms with Crippen LogP contribution in [0.15, 0.2) is 42.3 Å². The molecule has 4 rings (SSSR count). The van der Waals surface area contributed by atoms with Gasteiger partial charge in [-0.15, -0.1) is 0 Å². The Hall–Kier alpha value is -3.60. The van der Waals surface area contributed by atoms with Crippen LogP contribution >= 0.6 is 0 Å². The highest BCUT2D eigenvalue weighted by Crippen LogP contribution is 2.38. The molecule has 0 aliphatic carbocycles. The number of nitrogens with one attached hydrogen (secondary N) is 2. The van der Waals surface area contributed by atoms with Crippen LogP contribution in [0.3, 0.4) is 0 Å². The zero-order valence-electron chi connectivity index (χ0n) is 17.1. The number of allylic oxidation sites excluding steroid dienone is 1. The SMILES string of the molecule is CCN1C(=C(C#N)c2ccnc(NCCCN3CCCC3=O)n2)Nc2ccccc21. The van der Waals surface area contributed by atoms with Gasteiger partial charge in [-0.2, -0.15) is 5.26 Å². The third-order valence-electron chi connectivity index (χ3n) is 5.35. The van der Waals surface area contributed by atoms with Crippen LogP contribution < -0.4 is 15.5 Å². The van der Waals surface area contributed by atoms with Gasteiger partial charge in [0.25, 0.3) is 0 Å². The lowest BCUT2D eigenvalue weighted by molar-refractivity contribution is -0.127. The number of nitrogens with zero attached hydrogens (tertiary/aromatic N) is 5. The molecular formula is C22H25N7O. The summed E-state index contributed by atoms with van der Waals surface area (Å²) in [6.07, 6.45) is 4.10. The van der Waals surface area contributed by atoms with Crippen molar-refractivity contribution in [2.24, 2.45) is 0 Å². The number of para-hydroxylation sites is 2. The molecule has 1 amide bonds. The summed E-state index contributed by atoms with van der Waals surface area (Å²) in [6.45, 7) is 5.04. The molecule has 154 valence electrons. The predicted molar refractivity (Wildman–Crippen MR) is 117 cm³/mol. The van der Waals surface area contributed by atoms with Crippen molar-refractivity contribution in [1.29, 1.82) is 5.26 Å². The first-order chi connectivity index (χ1) is 14.7. The Balaban J connectivity index is 1.47. The molecule has 1 fully saturated rings. The van der Waals surface area contributed by atoms with Gasteiger partial charge in [-0.1, -0.05) is 12.1 Å². The molecule has 0 radical (unpaired) electrons. The smallest absolute Gasteiger partial charge is 0.223 e. The zero-order chi connectivity index (χ0) is 20.9. The van der Waals surface area contributed by atoms with E-state index in [2.05, 4.69) is 38.5 Å². The standard InChI is InChI=1S/C22H25N7O/c1-2-29-19-8-4-3-7-18(19)26-21(29)16(15-23)17-10-12-25-22(27-17)24-11-6-14-28-13-5-9-20(28)30/h3-4,7-8,10,12,26H,2,5-6,9,11,13-14H2,1H3,(H,24,25,27). The topological polar surface area (TPSA) is 97.2 Å². The molecule has 30 heavy (non-hydrogen) atoms. The maximum absolute atomic E-state index is 11.7. The van der Waals surface area contributed by atoms with E-state index in [1.807, 2.05) is 29.2 Å². The van der Waals surface area contributed by atoms with Gasteiger partial charge in [0.15, 0.2) is 0 Å². The quantitative estimate of drug-likeness (QED) is 0.542. The van der Waals surface area contributed by atoms with Crippen molar-refractivity contribution in [2.75, 3.05) is 41.7 Å². The molecule has 2 aliphatic rings. The monoisotopic (exact) mass is 403 g/mol. The molecule has 1 aromatic heterocycles. The average molecular weight is 403 g/mol. The maximum atomic E-state index is 11.7. The highest BCUT2D eigenvalue weighted by Gasteiger charge is 2.26. The molecule has 0 spiro atoms. The summed E-state index contributed by atoms with van der Waals surface area (Å²) in [5, 5.41) is 16.5. The van der Waals surface area contributed by atoms with Gasteiger partial charge in [0.1, 0.15) is 17.5 Å². The Morgan fingerprint density at radius 1 is 1.33 bits per heavy atom. The molecule has 0 saturated carbocycles. The van der Waals surface area contributed by atoms with E-state index >= 15 is 0 Å². The fraction of sp³-hybridized carbons (Fsp3) is 0.364. The number of amides is 1. The Bertz CT molecular complexity index is 1010. The Kier molecular flexibility index (Phi) is 5.80. The van der Waals surface area contributed by atoms with E-state index in [0.29, 0.717) is 30.2 Å². The summed E-state index contributed by atoms with van der Waals surface area (Å²) in [5.41, 5.74) is 3.07. The molecule has 1 saturated heterocycles. The van der Waals surface area contributed by atoms with Crippen LogP contribution in [-0.4, -0.2) is 47.0 Å². The maximum Gasteiger partial charge on any atom is 0.223 e. The van der Waals surface area contributed by atoms with E-state index in [-0.39, 0.29) is 5.91 Å². The van der Waals surface area contributed by atoms with E-state index < -0.39 is 0 Å². The molecule has 2 aromatic rings. The Morgan fingerprint density at radius 3 is 2.97 bits per heavy atom. The first-order valence-corrected chi connectivity index (χ1v) is 10.3. The summed E-state index contributed by atoms with van der Waals surface area (Å²) in [7, 11) is 0. The molecular weight excluding hydrogens is 378 g/mol. The number of likely N-dealkylation sites (tertiary alicyclic amines) is 1. The molecule has 2 N–H and O–H groups in total. The van der Waals surface area contributed by atoms with E-state index in [1.54, 1.807) is 12.3 Å². The highest BCUT2D eigenvalue weighted by molar-refractivity contribution is 5.90. The largest absolute Gasteiger partial charge is 0.354 e. The molecule has 2 aliphatic heterocycles. The molecule has 0 unspecified atom stereocenters. The summed E-state index contributed by atoms with van der Waals surface area (Å²) in [5.74, 6) is 1.45. The van der Waals surface area contributed by atoms with Crippen LogP contribution in [0.1, 0.15) is 31.9 Å². The molecule has 8 nitrogen and oxygen atoms in total. The second kappa shape index (κ2) is 8.82. The first kappa shape index (κ1) is 19.7. The highest BCUT2D eigenvalue weighted by atomic mass is 16.2. The minimum Gasteiger partial charge on any atom is -0.354 e. The van der Waals surface area contributed by atoms with Crippen molar-refractivity contribution in [1.82, 2.24) is 14.9 Å². The zero-order valence-corrected chi connectivity index (χ0v) is 17.1. The second-order valence-corrected chi connectivity index (χ2v) is 7.25. The molecule has 8 heteroatoms. The van der Waals surface area contributed by atoms with Crippen molar-refractivity contribution in [2.45, 2.75) is 26.2 Å². The van der Waals surface area contributed by atoms with E-state index in [9.17, 15) is 10.1 Å².